The summed E-state index contributed by atoms with van der Waals surface area (Å²) >= 11 is 0. The van der Waals surface area contributed by atoms with Crippen molar-refractivity contribution in [3.63, 3.8) is 0 Å². The SMILES string of the molecule is C.C.C.C.C.C.C.C.C.CC.CCC.CCC.CCC.CC[Si](C)(C)O[Si](C)(C)O[Si](C)(C)CC.CCc1ccccc1.c1ccc(Cc2ccccc2)cc1. The van der Waals surface area contributed by atoms with Gasteiger partial charge in [-0.1, -0.05) is 253 Å². The van der Waals surface area contributed by atoms with Crippen LogP contribution in [0.2, 0.25) is 51.4 Å². The Labute approximate surface area is 366 Å². The third kappa shape index (κ3) is 64.1. The van der Waals surface area contributed by atoms with E-state index in [1.54, 1.807) is 0 Å². The monoisotopic (exact) mass is 845 g/mol. The molecule has 0 saturated heterocycles. The van der Waals surface area contributed by atoms with Crippen molar-refractivity contribution in [3.8, 4) is 0 Å². The fraction of sp³-hybridized carbons (Fsp3) is 0.647. The molecule has 5 heteroatoms. The van der Waals surface area contributed by atoms with Crippen molar-refractivity contribution in [2.45, 2.75) is 226 Å². The number of rotatable bonds is 9. The molecule has 0 spiro atoms. The maximum Gasteiger partial charge on any atom is 0.311 e. The van der Waals surface area contributed by atoms with Crippen molar-refractivity contribution >= 4 is 25.2 Å². The largest absolute Gasteiger partial charge is 0.437 e. The topological polar surface area (TPSA) is 18.5 Å². The van der Waals surface area contributed by atoms with Gasteiger partial charge in [-0.05, 0) is 80.9 Å². The first-order chi connectivity index (χ1) is 22.2. The van der Waals surface area contributed by atoms with E-state index in [2.05, 4.69) is 187 Å². The van der Waals surface area contributed by atoms with Gasteiger partial charge in [-0.3, -0.25) is 0 Å². The minimum Gasteiger partial charge on any atom is -0.437 e. The summed E-state index contributed by atoms with van der Waals surface area (Å²) in [6.45, 7) is 36.9. The Kier molecular flexibility index (Phi) is 96.7. The normalized spacial score (nSPS) is 8.52. The zero-order valence-electron chi connectivity index (χ0n) is 34.4. The molecule has 0 radical (unpaired) electrons. The predicted molar refractivity (Wildman–Crippen MR) is 287 cm³/mol. The van der Waals surface area contributed by atoms with E-state index >= 15 is 0 Å². The van der Waals surface area contributed by atoms with Crippen LogP contribution in [0.5, 0.6) is 0 Å². The molecule has 3 rings (SSSR count). The van der Waals surface area contributed by atoms with Crippen LogP contribution in [-0.4, -0.2) is 25.2 Å². The van der Waals surface area contributed by atoms with Gasteiger partial charge in [0.25, 0.3) is 0 Å². The predicted octanol–water partition coefficient (Wildman–Crippen LogP) is 20.7. The molecule has 0 atom stereocenters. The molecule has 3 aromatic carbocycles. The number of aryl methyl sites for hydroxylation is 1. The van der Waals surface area contributed by atoms with E-state index in [1.807, 2.05) is 19.9 Å². The molecule has 0 saturated carbocycles. The first-order valence-electron chi connectivity index (χ1n) is 18.7. The molecular weight excluding hydrogens is 729 g/mol. The summed E-state index contributed by atoms with van der Waals surface area (Å²) in [6.07, 6.45) is 5.92. The summed E-state index contributed by atoms with van der Waals surface area (Å²) in [6, 6.07) is 33.9. The van der Waals surface area contributed by atoms with E-state index in [0.29, 0.717) is 0 Å². The Balaban J connectivity index is -0.0000000377. The van der Waals surface area contributed by atoms with E-state index in [1.165, 1.54) is 48.0 Å². The second-order valence-corrected chi connectivity index (χ2v) is 25.8. The second-order valence-electron chi connectivity index (χ2n) is 12.9. The van der Waals surface area contributed by atoms with Crippen LogP contribution in [-0.2, 0) is 21.1 Å². The Hall–Kier alpha value is -1.77. The molecule has 344 valence electrons. The quantitative estimate of drug-likeness (QED) is 0.200. The molecule has 0 unspecified atom stereocenters. The average molecular weight is 846 g/mol. The minimum absolute atomic E-state index is 0. The number of benzene rings is 3. The standard InChI is InChI=1S/C13H12.C10H28O2Si3.C8H10.3C3H8.C2H6.9CH4/c1-3-7-12(8-4-1)11-13-9-5-2-6-10-13;1-9-13(3,4)11-15(7,8)12-14(5,6)10-2;1-2-8-6-4-3-5-7-8;3*1-3-2;1-2;;;;;;;;;/h1-10H,11H2;9-10H2,1-8H3;3-7H,2H2,1H3;3*3H2,1-2H3;1-2H3;9*1H4. The van der Waals surface area contributed by atoms with Crippen LogP contribution in [0.3, 0.4) is 0 Å². The van der Waals surface area contributed by atoms with Gasteiger partial charge < -0.3 is 8.23 Å². The molecular formula is C51H116O2Si3. The summed E-state index contributed by atoms with van der Waals surface area (Å²) in [5, 5.41) is 0. The lowest BCUT2D eigenvalue weighted by molar-refractivity contribution is 0.390. The van der Waals surface area contributed by atoms with Crippen molar-refractivity contribution in [1.29, 1.82) is 0 Å². The van der Waals surface area contributed by atoms with Crippen molar-refractivity contribution in [2.24, 2.45) is 0 Å². The lowest BCUT2D eigenvalue weighted by Gasteiger charge is -2.38. The van der Waals surface area contributed by atoms with Gasteiger partial charge in [-0.25, -0.2) is 0 Å². The molecule has 0 heterocycles. The van der Waals surface area contributed by atoms with Crippen LogP contribution in [0, 0.1) is 0 Å². The van der Waals surface area contributed by atoms with E-state index < -0.39 is 25.2 Å². The Morgan fingerprint density at radius 3 is 0.714 bits per heavy atom. The smallest absolute Gasteiger partial charge is 0.311 e. The van der Waals surface area contributed by atoms with Crippen LogP contribution in [0.4, 0.5) is 0 Å². The van der Waals surface area contributed by atoms with Crippen LogP contribution in [0.1, 0.15) is 179 Å². The zero-order valence-corrected chi connectivity index (χ0v) is 37.4. The van der Waals surface area contributed by atoms with E-state index in [4.69, 9.17) is 8.23 Å². The fourth-order valence-corrected chi connectivity index (χ4v) is 16.0. The van der Waals surface area contributed by atoms with Gasteiger partial charge in [-0.2, -0.15) is 0 Å². The van der Waals surface area contributed by atoms with Gasteiger partial charge in [0.2, 0.25) is 0 Å². The van der Waals surface area contributed by atoms with Crippen LogP contribution in [0.15, 0.2) is 91.0 Å². The molecule has 0 bridgehead atoms. The summed E-state index contributed by atoms with van der Waals surface area (Å²) < 4.78 is 12.6. The molecule has 2 nitrogen and oxygen atoms in total. The highest BCUT2D eigenvalue weighted by molar-refractivity contribution is 6.87. The lowest BCUT2D eigenvalue weighted by Crippen LogP contribution is -2.51. The van der Waals surface area contributed by atoms with Gasteiger partial charge in [0.1, 0.15) is 0 Å². The summed E-state index contributed by atoms with van der Waals surface area (Å²) in [7, 11) is -4.83. The third-order valence-electron chi connectivity index (χ3n) is 6.09. The van der Waals surface area contributed by atoms with Crippen molar-refractivity contribution in [2.75, 3.05) is 0 Å². The van der Waals surface area contributed by atoms with E-state index in [-0.39, 0.29) is 66.8 Å². The fourth-order valence-electron chi connectivity index (χ4n) is 3.64. The zero-order chi connectivity index (χ0) is 37.2. The molecule has 0 fully saturated rings. The van der Waals surface area contributed by atoms with Gasteiger partial charge in [0.15, 0.2) is 16.6 Å². The van der Waals surface area contributed by atoms with Crippen LogP contribution in [0.25, 0.3) is 0 Å². The highest BCUT2D eigenvalue weighted by Crippen LogP contribution is 2.23. The maximum atomic E-state index is 6.30. The number of hydrogen-bond donors (Lipinski definition) is 0. The summed E-state index contributed by atoms with van der Waals surface area (Å²) in [5.41, 5.74) is 4.15. The lowest BCUT2D eigenvalue weighted by atomic mass is 10.1. The Morgan fingerprint density at radius 2 is 0.554 bits per heavy atom. The Morgan fingerprint density at radius 1 is 0.357 bits per heavy atom. The molecule has 0 aliphatic rings. The van der Waals surface area contributed by atoms with E-state index in [9.17, 15) is 0 Å². The van der Waals surface area contributed by atoms with Gasteiger partial charge in [0, 0.05) is 0 Å². The third-order valence-corrected chi connectivity index (χ3v) is 17.9. The van der Waals surface area contributed by atoms with Gasteiger partial charge >= 0.3 is 8.56 Å². The van der Waals surface area contributed by atoms with Gasteiger partial charge in [-0.15, -0.1) is 0 Å². The molecule has 0 aliphatic carbocycles. The Bertz CT molecular complexity index is 931. The van der Waals surface area contributed by atoms with E-state index in [0.717, 1.165) is 12.8 Å². The average Bonchev–Trinajstić information content (AvgIpc) is 3.04. The molecule has 0 aliphatic heterocycles. The molecule has 0 N–H and O–H groups in total. The van der Waals surface area contributed by atoms with Crippen molar-refractivity contribution < 1.29 is 8.23 Å². The summed E-state index contributed by atoms with van der Waals surface area (Å²) in [5.74, 6) is 0. The van der Waals surface area contributed by atoms with Crippen molar-refractivity contribution in [1.82, 2.24) is 0 Å². The highest BCUT2D eigenvalue weighted by Gasteiger charge is 2.38. The molecule has 56 heavy (non-hydrogen) atoms. The first kappa shape index (κ1) is 90.4. The molecule has 0 amide bonds. The van der Waals surface area contributed by atoms with Crippen LogP contribution >= 0.6 is 0 Å². The minimum atomic E-state index is -1.89. The second kappa shape index (κ2) is 59.9. The van der Waals surface area contributed by atoms with Crippen LogP contribution < -0.4 is 0 Å². The number of hydrogen-bond acceptors (Lipinski definition) is 2. The highest BCUT2D eigenvalue weighted by atomic mass is 28.5. The van der Waals surface area contributed by atoms with Gasteiger partial charge in [0.05, 0.1) is 0 Å². The first-order valence-corrected chi connectivity index (χ1v) is 27.7. The maximum absolute atomic E-state index is 6.30. The molecule has 0 aromatic heterocycles. The summed E-state index contributed by atoms with van der Waals surface area (Å²) in [4.78, 5) is 0. The molecule has 3 aromatic rings. The van der Waals surface area contributed by atoms with Crippen molar-refractivity contribution in [3.05, 3.63) is 108 Å².